The third-order valence-corrected chi connectivity index (χ3v) is 3.13. The summed E-state index contributed by atoms with van der Waals surface area (Å²) in [6.07, 6.45) is 2.64. The molecule has 0 spiro atoms. The van der Waals surface area contributed by atoms with E-state index in [0.717, 1.165) is 18.2 Å². The largest absolute Gasteiger partial charge is 0.383 e. The first-order valence-corrected chi connectivity index (χ1v) is 6.17. The van der Waals surface area contributed by atoms with Crippen LogP contribution in [0.3, 0.4) is 0 Å². The van der Waals surface area contributed by atoms with Crippen molar-refractivity contribution in [1.29, 1.82) is 0 Å². The van der Waals surface area contributed by atoms with Crippen LogP contribution in [0.5, 0.6) is 0 Å². The van der Waals surface area contributed by atoms with Crippen molar-refractivity contribution in [2.75, 3.05) is 26.1 Å². The quantitative estimate of drug-likeness (QED) is 0.788. The normalized spacial score (nSPS) is 16.8. The number of hydrogen-bond donors (Lipinski definition) is 1. The fraction of sp³-hybridized carbons (Fsp3) is 0.571. The molecule has 1 N–H and O–H groups in total. The van der Waals surface area contributed by atoms with E-state index in [9.17, 15) is 0 Å². The number of ether oxygens (including phenoxy) is 2. The molecule has 1 aliphatic rings. The predicted molar refractivity (Wildman–Crippen MR) is 69.2 cm³/mol. The molecule has 1 aliphatic carbocycles. The van der Waals surface area contributed by atoms with Gasteiger partial charge < -0.3 is 14.8 Å². The van der Waals surface area contributed by atoms with Gasteiger partial charge in [-0.2, -0.15) is 0 Å². The summed E-state index contributed by atoms with van der Waals surface area (Å²) in [4.78, 5) is 0. The van der Waals surface area contributed by atoms with Gasteiger partial charge in [-0.25, -0.2) is 0 Å². The average Bonchev–Trinajstić information content (AvgIpc) is 3.13. The zero-order chi connectivity index (χ0) is 12.1. The molecule has 1 aromatic rings. The molecule has 1 fully saturated rings. The lowest BCUT2D eigenvalue weighted by molar-refractivity contribution is 0.179. The van der Waals surface area contributed by atoms with E-state index in [1.807, 2.05) is 0 Å². The number of benzene rings is 1. The zero-order valence-electron chi connectivity index (χ0n) is 10.6. The number of rotatable bonds is 7. The van der Waals surface area contributed by atoms with Crippen molar-refractivity contribution >= 4 is 5.69 Å². The maximum atomic E-state index is 5.27. The Kier molecular flexibility index (Phi) is 4.40. The van der Waals surface area contributed by atoms with Crippen LogP contribution >= 0.6 is 0 Å². The minimum absolute atomic E-state index is 0.442. The number of anilines is 1. The van der Waals surface area contributed by atoms with Gasteiger partial charge in [-0.05, 0) is 36.5 Å². The van der Waals surface area contributed by atoms with Gasteiger partial charge in [0.25, 0.3) is 0 Å². The summed E-state index contributed by atoms with van der Waals surface area (Å²) >= 11 is 0. The molecular formula is C14H21NO2. The Morgan fingerprint density at radius 2 is 2.12 bits per heavy atom. The van der Waals surface area contributed by atoms with Gasteiger partial charge in [-0.3, -0.25) is 0 Å². The SMILES string of the molecule is COCc1cccc(NC(COC)C2CC2)c1. The zero-order valence-corrected chi connectivity index (χ0v) is 10.6. The monoisotopic (exact) mass is 235 g/mol. The van der Waals surface area contributed by atoms with E-state index in [4.69, 9.17) is 9.47 Å². The third kappa shape index (κ3) is 3.72. The van der Waals surface area contributed by atoms with Crippen LogP contribution in [0.1, 0.15) is 18.4 Å². The minimum Gasteiger partial charge on any atom is -0.383 e. The van der Waals surface area contributed by atoms with E-state index < -0.39 is 0 Å². The first-order valence-electron chi connectivity index (χ1n) is 6.17. The fourth-order valence-corrected chi connectivity index (χ4v) is 2.11. The first kappa shape index (κ1) is 12.4. The topological polar surface area (TPSA) is 30.5 Å². The maximum absolute atomic E-state index is 5.27. The molecule has 2 rings (SSSR count). The Bertz CT molecular complexity index is 350. The highest BCUT2D eigenvalue weighted by atomic mass is 16.5. The highest BCUT2D eigenvalue weighted by molar-refractivity contribution is 5.46. The van der Waals surface area contributed by atoms with Gasteiger partial charge in [0.05, 0.1) is 19.3 Å². The lowest BCUT2D eigenvalue weighted by Crippen LogP contribution is -2.27. The van der Waals surface area contributed by atoms with E-state index in [2.05, 4.69) is 29.6 Å². The van der Waals surface area contributed by atoms with Crippen molar-refractivity contribution in [2.45, 2.75) is 25.5 Å². The lowest BCUT2D eigenvalue weighted by Gasteiger charge is -2.19. The number of nitrogens with one attached hydrogen (secondary N) is 1. The van der Waals surface area contributed by atoms with Crippen LogP contribution in [0.25, 0.3) is 0 Å². The van der Waals surface area contributed by atoms with E-state index in [-0.39, 0.29) is 0 Å². The Morgan fingerprint density at radius 1 is 1.29 bits per heavy atom. The van der Waals surface area contributed by atoms with E-state index in [1.165, 1.54) is 18.4 Å². The molecule has 1 atom stereocenters. The van der Waals surface area contributed by atoms with Crippen LogP contribution in [-0.4, -0.2) is 26.9 Å². The Hall–Kier alpha value is -1.06. The summed E-state index contributed by atoms with van der Waals surface area (Å²) in [5, 5.41) is 3.56. The van der Waals surface area contributed by atoms with Gasteiger partial charge in [-0.15, -0.1) is 0 Å². The molecule has 0 amide bonds. The van der Waals surface area contributed by atoms with Crippen molar-refractivity contribution < 1.29 is 9.47 Å². The van der Waals surface area contributed by atoms with Crippen LogP contribution < -0.4 is 5.32 Å². The molecule has 94 valence electrons. The molecule has 0 aliphatic heterocycles. The highest BCUT2D eigenvalue weighted by Gasteiger charge is 2.31. The molecular weight excluding hydrogens is 214 g/mol. The van der Waals surface area contributed by atoms with Crippen molar-refractivity contribution in [3.05, 3.63) is 29.8 Å². The summed E-state index contributed by atoms with van der Waals surface area (Å²) in [6, 6.07) is 8.83. The van der Waals surface area contributed by atoms with E-state index in [0.29, 0.717) is 12.6 Å². The molecule has 0 heterocycles. The molecule has 0 aromatic heterocycles. The van der Waals surface area contributed by atoms with Crippen molar-refractivity contribution in [1.82, 2.24) is 0 Å². The average molecular weight is 235 g/mol. The lowest BCUT2D eigenvalue weighted by atomic mass is 10.1. The molecule has 0 saturated heterocycles. The van der Waals surface area contributed by atoms with Gasteiger partial charge in [0.1, 0.15) is 0 Å². The smallest absolute Gasteiger partial charge is 0.0713 e. The van der Waals surface area contributed by atoms with Crippen LogP contribution in [0, 0.1) is 5.92 Å². The Morgan fingerprint density at radius 3 is 2.76 bits per heavy atom. The summed E-state index contributed by atoms with van der Waals surface area (Å²) in [6.45, 7) is 1.44. The molecule has 3 nitrogen and oxygen atoms in total. The fourth-order valence-electron chi connectivity index (χ4n) is 2.11. The van der Waals surface area contributed by atoms with Gasteiger partial charge >= 0.3 is 0 Å². The molecule has 17 heavy (non-hydrogen) atoms. The summed E-state index contributed by atoms with van der Waals surface area (Å²) in [5.41, 5.74) is 2.36. The van der Waals surface area contributed by atoms with E-state index >= 15 is 0 Å². The van der Waals surface area contributed by atoms with E-state index in [1.54, 1.807) is 14.2 Å². The van der Waals surface area contributed by atoms with Gasteiger partial charge in [-0.1, -0.05) is 12.1 Å². The van der Waals surface area contributed by atoms with Crippen LogP contribution in [0.15, 0.2) is 24.3 Å². The predicted octanol–water partition coefficient (Wildman–Crippen LogP) is 2.67. The number of methoxy groups -OCH3 is 2. The molecule has 0 radical (unpaired) electrons. The molecule has 3 heteroatoms. The Balaban J connectivity index is 1.97. The van der Waals surface area contributed by atoms with Crippen molar-refractivity contribution in [3.8, 4) is 0 Å². The summed E-state index contributed by atoms with van der Waals surface area (Å²) in [7, 11) is 3.48. The highest BCUT2D eigenvalue weighted by Crippen LogP contribution is 2.34. The molecule has 1 aromatic carbocycles. The van der Waals surface area contributed by atoms with Crippen molar-refractivity contribution in [2.24, 2.45) is 5.92 Å². The van der Waals surface area contributed by atoms with Crippen LogP contribution in [0.4, 0.5) is 5.69 Å². The molecule has 1 saturated carbocycles. The molecule has 1 unspecified atom stereocenters. The van der Waals surface area contributed by atoms with Gasteiger partial charge in [0.2, 0.25) is 0 Å². The maximum Gasteiger partial charge on any atom is 0.0713 e. The standard InChI is InChI=1S/C14H21NO2/c1-16-9-11-4-3-5-13(8-11)15-14(10-17-2)12-6-7-12/h3-5,8,12,14-15H,6-7,9-10H2,1-2H3. The van der Waals surface area contributed by atoms with Gasteiger partial charge in [0, 0.05) is 19.9 Å². The second kappa shape index (κ2) is 6.03. The third-order valence-electron chi connectivity index (χ3n) is 3.13. The van der Waals surface area contributed by atoms with Crippen LogP contribution in [-0.2, 0) is 16.1 Å². The summed E-state index contributed by atoms with van der Waals surface area (Å²) in [5.74, 6) is 0.779. The second-order valence-corrected chi connectivity index (χ2v) is 4.68. The second-order valence-electron chi connectivity index (χ2n) is 4.68. The van der Waals surface area contributed by atoms with Crippen LogP contribution in [0.2, 0.25) is 0 Å². The Labute approximate surface area is 103 Å². The molecule has 0 bridgehead atoms. The first-order chi connectivity index (χ1) is 8.33. The van der Waals surface area contributed by atoms with Crippen molar-refractivity contribution in [3.63, 3.8) is 0 Å². The summed E-state index contributed by atoms with van der Waals surface area (Å²) < 4.78 is 10.4. The number of hydrogen-bond acceptors (Lipinski definition) is 3. The van der Waals surface area contributed by atoms with Gasteiger partial charge in [0.15, 0.2) is 0 Å². The minimum atomic E-state index is 0.442.